The Morgan fingerprint density at radius 1 is 0.490 bits per heavy atom. The number of aromatic nitrogens is 2. The van der Waals surface area contributed by atoms with Gasteiger partial charge in [0.05, 0.1) is 13.1 Å². The SMILES string of the molecule is O=C1OC2(CCCC2)CN1c1ccc(C#Cc2ccccc2)cn1.O=C1OC2(CCCCC2)CN1c1ccc(C#Cc2ccccc2)cn1. The zero-order valence-corrected chi connectivity index (χ0v) is 27.4. The molecule has 4 heterocycles. The van der Waals surface area contributed by atoms with E-state index >= 15 is 0 Å². The second-order valence-electron chi connectivity index (χ2n) is 13.1. The van der Waals surface area contributed by atoms with Gasteiger partial charge in [0, 0.05) is 34.6 Å². The molecule has 0 radical (unpaired) electrons. The Morgan fingerprint density at radius 3 is 1.27 bits per heavy atom. The van der Waals surface area contributed by atoms with Gasteiger partial charge in [0.2, 0.25) is 0 Å². The van der Waals surface area contributed by atoms with E-state index in [1.807, 2.05) is 84.9 Å². The average molecular weight is 651 g/mol. The largest absolute Gasteiger partial charge is 0.441 e. The van der Waals surface area contributed by atoms with Crippen LogP contribution < -0.4 is 9.80 Å². The summed E-state index contributed by atoms with van der Waals surface area (Å²) in [5, 5.41) is 0. The molecule has 2 saturated carbocycles. The molecule has 0 atom stereocenters. The van der Waals surface area contributed by atoms with Gasteiger partial charge in [0.1, 0.15) is 22.8 Å². The number of anilines is 2. The van der Waals surface area contributed by atoms with Gasteiger partial charge in [-0.25, -0.2) is 19.6 Å². The third kappa shape index (κ3) is 7.60. The molecule has 2 amide bonds. The highest BCUT2D eigenvalue weighted by Crippen LogP contribution is 2.40. The Balaban J connectivity index is 0.000000154. The van der Waals surface area contributed by atoms with Crippen LogP contribution >= 0.6 is 0 Å². The molecule has 2 aliphatic heterocycles. The van der Waals surface area contributed by atoms with Crippen molar-refractivity contribution in [1.29, 1.82) is 0 Å². The highest BCUT2D eigenvalue weighted by Gasteiger charge is 2.48. The molecule has 49 heavy (non-hydrogen) atoms. The highest BCUT2D eigenvalue weighted by atomic mass is 16.6. The van der Waals surface area contributed by atoms with Crippen molar-refractivity contribution >= 4 is 23.8 Å². The van der Waals surface area contributed by atoms with Gasteiger partial charge in [-0.1, -0.05) is 66.5 Å². The minimum atomic E-state index is -0.303. The van der Waals surface area contributed by atoms with Crippen LogP contribution in [-0.4, -0.2) is 46.4 Å². The number of nitrogens with zero attached hydrogens (tertiary/aromatic N) is 4. The number of ether oxygens (including phenoxy) is 2. The van der Waals surface area contributed by atoms with E-state index in [1.54, 1.807) is 22.2 Å². The molecule has 2 spiro atoms. The first-order valence-electron chi connectivity index (χ1n) is 17.1. The van der Waals surface area contributed by atoms with E-state index in [1.165, 1.54) is 6.42 Å². The van der Waals surface area contributed by atoms with Crippen molar-refractivity contribution in [2.75, 3.05) is 22.9 Å². The molecule has 0 N–H and O–H groups in total. The molecule has 8 rings (SSSR count). The fourth-order valence-electron chi connectivity index (χ4n) is 6.91. The fraction of sp³-hybridized carbons (Fsp3) is 0.317. The first-order valence-corrected chi connectivity index (χ1v) is 17.1. The fourth-order valence-corrected chi connectivity index (χ4v) is 6.91. The zero-order valence-electron chi connectivity index (χ0n) is 27.4. The summed E-state index contributed by atoms with van der Waals surface area (Å²) in [6, 6.07) is 27.1. The van der Waals surface area contributed by atoms with E-state index in [2.05, 4.69) is 33.6 Å². The lowest BCUT2D eigenvalue weighted by atomic mass is 9.85. The maximum Gasteiger partial charge on any atom is 0.416 e. The third-order valence-electron chi connectivity index (χ3n) is 9.52. The van der Waals surface area contributed by atoms with Crippen LogP contribution in [0.4, 0.5) is 21.2 Å². The number of benzene rings is 2. The summed E-state index contributed by atoms with van der Waals surface area (Å²) in [7, 11) is 0. The molecule has 2 aliphatic carbocycles. The summed E-state index contributed by atoms with van der Waals surface area (Å²) in [4.78, 5) is 36.6. The number of rotatable bonds is 2. The molecular weight excluding hydrogens is 612 g/mol. The molecule has 8 nitrogen and oxygen atoms in total. The molecular formula is C41H38N4O4. The van der Waals surface area contributed by atoms with Crippen LogP contribution in [-0.2, 0) is 9.47 Å². The smallest absolute Gasteiger partial charge is 0.416 e. The quantitative estimate of drug-likeness (QED) is 0.205. The van der Waals surface area contributed by atoms with Gasteiger partial charge in [0.25, 0.3) is 0 Å². The molecule has 8 heteroatoms. The van der Waals surface area contributed by atoms with Gasteiger partial charge in [-0.05, 0) is 99.9 Å². The lowest BCUT2D eigenvalue weighted by molar-refractivity contribution is 0.0260. The Bertz CT molecular complexity index is 1890. The Kier molecular flexibility index (Phi) is 9.30. The summed E-state index contributed by atoms with van der Waals surface area (Å²) >= 11 is 0. The summed E-state index contributed by atoms with van der Waals surface area (Å²) in [5.41, 5.74) is 2.99. The molecule has 4 aromatic rings. The zero-order chi connectivity index (χ0) is 33.5. The van der Waals surface area contributed by atoms with E-state index in [-0.39, 0.29) is 23.4 Å². The molecule has 2 saturated heterocycles. The van der Waals surface area contributed by atoms with E-state index in [9.17, 15) is 9.59 Å². The molecule has 4 fully saturated rings. The molecule has 2 aromatic carbocycles. The van der Waals surface area contributed by atoms with E-state index in [4.69, 9.17) is 9.47 Å². The van der Waals surface area contributed by atoms with Crippen molar-refractivity contribution in [2.24, 2.45) is 0 Å². The minimum Gasteiger partial charge on any atom is -0.441 e. The maximum atomic E-state index is 12.3. The average Bonchev–Trinajstić information content (AvgIpc) is 3.84. The van der Waals surface area contributed by atoms with Crippen LogP contribution in [0.1, 0.15) is 80.0 Å². The van der Waals surface area contributed by atoms with Crippen molar-refractivity contribution < 1.29 is 19.1 Å². The van der Waals surface area contributed by atoms with Crippen LogP contribution in [0.15, 0.2) is 97.3 Å². The number of hydrogen-bond acceptors (Lipinski definition) is 6. The number of pyridine rings is 2. The first kappa shape index (κ1) is 32.0. The Hall–Kier alpha value is -5.60. The topological polar surface area (TPSA) is 84.9 Å². The van der Waals surface area contributed by atoms with Crippen molar-refractivity contribution in [3.8, 4) is 23.7 Å². The summed E-state index contributed by atoms with van der Waals surface area (Å²) < 4.78 is 11.3. The van der Waals surface area contributed by atoms with E-state index in [0.29, 0.717) is 24.7 Å². The summed E-state index contributed by atoms with van der Waals surface area (Å²) in [6.45, 7) is 1.21. The van der Waals surface area contributed by atoms with Crippen LogP contribution in [0, 0.1) is 23.7 Å². The van der Waals surface area contributed by atoms with Crippen LogP contribution in [0.2, 0.25) is 0 Å². The highest BCUT2D eigenvalue weighted by molar-refractivity contribution is 5.90. The van der Waals surface area contributed by atoms with E-state index < -0.39 is 0 Å². The van der Waals surface area contributed by atoms with Gasteiger partial charge in [-0.2, -0.15) is 0 Å². The minimum absolute atomic E-state index is 0.280. The molecule has 4 aliphatic rings. The normalized spacial score (nSPS) is 18.4. The van der Waals surface area contributed by atoms with Gasteiger partial charge in [0.15, 0.2) is 0 Å². The van der Waals surface area contributed by atoms with Gasteiger partial charge >= 0.3 is 12.2 Å². The molecule has 0 unspecified atom stereocenters. The number of amides is 2. The van der Waals surface area contributed by atoms with Crippen molar-refractivity contribution in [3.05, 3.63) is 120 Å². The number of carbonyl (C=O) groups excluding carboxylic acids is 2. The van der Waals surface area contributed by atoms with Gasteiger partial charge in [-0.15, -0.1) is 0 Å². The second-order valence-corrected chi connectivity index (χ2v) is 13.1. The van der Waals surface area contributed by atoms with Crippen molar-refractivity contribution in [3.63, 3.8) is 0 Å². The maximum absolute atomic E-state index is 12.3. The van der Waals surface area contributed by atoms with Crippen molar-refractivity contribution in [1.82, 2.24) is 9.97 Å². The molecule has 2 aromatic heterocycles. The number of carbonyl (C=O) groups is 2. The predicted octanol–water partition coefficient (Wildman–Crippen LogP) is 7.89. The summed E-state index contributed by atoms with van der Waals surface area (Å²) in [6.07, 6.45) is 12.4. The summed E-state index contributed by atoms with van der Waals surface area (Å²) in [5.74, 6) is 13.7. The first-order chi connectivity index (χ1) is 24.0. The van der Waals surface area contributed by atoms with E-state index in [0.717, 1.165) is 73.6 Å². The molecule has 0 bridgehead atoms. The van der Waals surface area contributed by atoms with Crippen molar-refractivity contribution in [2.45, 2.75) is 69.0 Å². The van der Waals surface area contributed by atoms with Crippen LogP contribution in [0.5, 0.6) is 0 Å². The standard InChI is InChI=1S/C21H20N2O2.C20H18N2O2/c24-20-23(16-21(25-20)13-5-2-6-14-21)19-12-11-18(15-22-19)10-9-17-7-3-1-4-8-17;23-19-22(15-20(24-19)12-4-5-13-20)18-11-10-17(14-21-18)9-8-16-6-2-1-3-7-16/h1,3-4,7-8,11-12,15H,2,5-6,13-14,16H2;1-3,6-7,10-11,14H,4-5,12-13,15H2. The van der Waals surface area contributed by atoms with Gasteiger partial charge in [-0.3, -0.25) is 9.80 Å². The van der Waals surface area contributed by atoms with Crippen LogP contribution in [0.3, 0.4) is 0 Å². The predicted molar refractivity (Wildman–Crippen MR) is 188 cm³/mol. The Labute approximate surface area is 287 Å². The number of hydrogen-bond donors (Lipinski definition) is 0. The van der Waals surface area contributed by atoms with Crippen LogP contribution in [0.25, 0.3) is 0 Å². The Morgan fingerprint density at radius 2 is 0.878 bits per heavy atom. The lowest BCUT2D eigenvalue weighted by Gasteiger charge is -2.30. The van der Waals surface area contributed by atoms with Gasteiger partial charge < -0.3 is 9.47 Å². The second kappa shape index (κ2) is 14.3. The molecule has 246 valence electrons. The monoisotopic (exact) mass is 650 g/mol. The third-order valence-corrected chi connectivity index (χ3v) is 9.52. The lowest BCUT2D eigenvalue weighted by Crippen LogP contribution is -2.36.